The SMILES string of the molecule is CCOc1cccc(-c2ccc3nc(N)nc(Nc4cccc(Br)c4)c3c2)c1. The molecule has 140 valence electrons. The lowest BCUT2D eigenvalue weighted by molar-refractivity contribution is 0.340. The summed E-state index contributed by atoms with van der Waals surface area (Å²) >= 11 is 3.49. The van der Waals surface area contributed by atoms with Crippen molar-refractivity contribution in [3.63, 3.8) is 0 Å². The van der Waals surface area contributed by atoms with Crippen LogP contribution in [0.2, 0.25) is 0 Å². The van der Waals surface area contributed by atoms with Crippen LogP contribution in [0.15, 0.2) is 71.2 Å². The zero-order chi connectivity index (χ0) is 19.5. The number of anilines is 3. The average molecular weight is 435 g/mol. The quantitative estimate of drug-likeness (QED) is 0.416. The van der Waals surface area contributed by atoms with Crippen LogP contribution in [0, 0.1) is 0 Å². The van der Waals surface area contributed by atoms with Gasteiger partial charge in [0, 0.05) is 15.5 Å². The predicted octanol–water partition coefficient (Wildman–Crippen LogP) is 5.78. The number of hydrogen-bond acceptors (Lipinski definition) is 5. The molecule has 3 aromatic carbocycles. The van der Waals surface area contributed by atoms with Crippen LogP contribution in [0.4, 0.5) is 17.5 Å². The summed E-state index contributed by atoms with van der Waals surface area (Å²) in [6.45, 7) is 2.61. The summed E-state index contributed by atoms with van der Waals surface area (Å²) in [6.07, 6.45) is 0. The Kier molecular flexibility index (Phi) is 5.12. The first kappa shape index (κ1) is 18.3. The number of benzene rings is 3. The van der Waals surface area contributed by atoms with E-state index in [9.17, 15) is 0 Å². The Morgan fingerprint density at radius 1 is 0.964 bits per heavy atom. The third-order valence-corrected chi connectivity index (χ3v) is 4.77. The minimum absolute atomic E-state index is 0.232. The standard InChI is InChI=1S/C22H19BrN4O/c1-2-28-18-8-3-5-14(11-18)15-9-10-20-19(12-15)21(27-22(24)26-20)25-17-7-4-6-16(23)13-17/h3-13H,2H2,1H3,(H3,24,25,26,27). The molecule has 3 N–H and O–H groups in total. The lowest BCUT2D eigenvalue weighted by atomic mass is 10.0. The Hall–Kier alpha value is -3.12. The van der Waals surface area contributed by atoms with Gasteiger partial charge in [0.15, 0.2) is 0 Å². The van der Waals surface area contributed by atoms with Gasteiger partial charge in [-0.1, -0.05) is 40.2 Å². The highest BCUT2D eigenvalue weighted by Crippen LogP contribution is 2.31. The van der Waals surface area contributed by atoms with Gasteiger partial charge in [-0.25, -0.2) is 4.98 Å². The monoisotopic (exact) mass is 434 g/mol. The van der Waals surface area contributed by atoms with Crippen LogP contribution in [0.5, 0.6) is 5.75 Å². The highest BCUT2D eigenvalue weighted by atomic mass is 79.9. The number of halogens is 1. The maximum atomic E-state index is 5.92. The smallest absolute Gasteiger partial charge is 0.222 e. The minimum atomic E-state index is 0.232. The van der Waals surface area contributed by atoms with Gasteiger partial charge in [-0.3, -0.25) is 0 Å². The molecule has 0 aliphatic carbocycles. The summed E-state index contributed by atoms with van der Waals surface area (Å²) in [5.74, 6) is 1.75. The van der Waals surface area contributed by atoms with E-state index in [1.807, 2.05) is 61.5 Å². The molecule has 0 radical (unpaired) electrons. The van der Waals surface area contributed by atoms with Crippen LogP contribution >= 0.6 is 15.9 Å². The Bertz CT molecular complexity index is 1150. The molecule has 1 heterocycles. The lowest BCUT2D eigenvalue weighted by Gasteiger charge is -2.12. The second kappa shape index (κ2) is 7.86. The molecular formula is C22H19BrN4O. The summed E-state index contributed by atoms with van der Waals surface area (Å²) in [5, 5.41) is 4.25. The molecular weight excluding hydrogens is 416 g/mol. The van der Waals surface area contributed by atoms with Gasteiger partial charge in [-0.15, -0.1) is 0 Å². The maximum absolute atomic E-state index is 5.92. The fourth-order valence-corrected chi connectivity index (χ4v) is 3.46. The van der Waals surface area contributed by atoms with Crippen LogP contribution in [0.25, 0.3) is 22.0 Å². The second-order valence-corrected chi connectivity index (χ2v) is 7.17. The molecule has 0 fully saturated rings. The summed E-state index contributed by atoms with van der Waals surface area (Å²) in [4.78, 5) is 8.79. The van der Waals surface area contributed by atoms with Crippen LogP contribution < -0.4 is 15.8 Å². The molecule has 0 aliphatic rings. The fourth-order valence-electron chi connectivity index (χ4n) is 3.06. The largest absolute Gasteiger partial charge is 0.494 e. The molecule has 0 saturated heterocycles. The third-order valence-electron chi connectivity index (χ3n) is 4.28. The zero-order valence-electron chi connectivity index (χ0n) is 15.3. The molecule has 4 rings (SSSR count). The van der Waals surface area contributed by atoms with Crippen molar-refractivity contribution in [2.24, 2.45) is 0 Å². The van der Waals surface area contributed by atoms with Gasteiger partial charge in [-0.2, -0.15) is 4.98 Å². The van der Waals surface area contributed by atoms with Crippen LogP contribution in [-0.2, 0) is 0 Å². The van der Waals surface area contributed by atoms with E-state index >= 15 is 0 Å². The van der Waals surface area contributed by atoms with E-state index in [1.165, 1.54) is 0 Å². The number of ether oxygens (including phenoxy) is 1. The zero-order valence-corrected chi connectivity index (χ0v) is 16.9. The van der Waals surface area contributed by atoms with E-state index in [0.717, 1.165) is 37.9 Å². The Morgan fingerprint density at radius 3 is 2.61 bits per heavy atom. The van der Waals surface area contributed by atoms with Crippen molar-refractivity contribution in [3.05, 3.63) is 71.2 Å². The number of hydrogen-bond donors (Lipinski definition) is 2. The summed E-state index contributed by atoms with van der Waals surface area (Å²) < 4.78 is 6.61. The van der Waals surface area contributed by atoms with Crippen molar-refractivity contribution in [1.29, 1.82) is 0 Å². The highest BCUT2D eigenvalue weighted by molar-refractivity contribution is 9.10. The predicted molar refractivity (Wildman–Crippen MR) is 118 cm³/mol. The fraction of sp³-hybridized carbons (Fsp3) is 0.0909. The highest BCUT2D eigenvalue weighted by Gasteiger charge is 2.10. The van der Waals surface area contributed by atoms with E-state index in [4.69, 9.17) is 10.5 Å². The average Bonchev–Trinajstić information content (AvgIpc) is 2.68. The number of rotatable bonds is 5. The number of nitrogens with one attached hydrogen (secondary N) is 1. The molecule has 0 bridgehead atoms. The van der Waals surface area contributed by atoms with Gasteiger partial charge >= 0.3 is 0 Å². The number of aromatic nitrogens is 2. The summed E-state index contributed by atoms with van der Waals surface area (Å²) in [5.41, 5.74) is 9.75. The van der Waals surface area contributed by atoms with Crippen molar-refractivity contribution >= 4 is 44.3 Å². The molecule has 4 aromatic rings. The van der Waals surface area contributed by atoms with Gasteiger partial charge in [0.2, 0.25) is 5.95 Å². The van der Waals surface area contributed by atoms with E-state index in [-0.39, 0.29) is 5.95 Å². The van der Waals surface area contributed by atoms with Crippen LogP contribution in [-0.4, -0.2) is 16.6 Å². The van der Waals surface area contributed by atoms with Gasteiger partial charge in [0.25, 0.3) is 0 Å². The van der Waals surface area contributed by atoms with Crippen molar-refractivity contribution in [3.8, 4) is 16.9 Å². The minimum Gasteiger partial charge on any atom is -0.494 e. The molecule has 28 heavy (non-hydrogen) atoms. The topological polar surface area (TPSA) is 73.1 Å². The third kappa shape index (κ3) is 3.92. The summed E-state index contributed by atoms with van der Waals surface area (Å²) in [6, 6.07) is 22.0. The first-order valence-corrected chi connectivity index (χ1v) is 9.75. The van der Waals surface area contributed by atoms with E-state index in [2.05, 4.69) is 43.3 Å². The van der Waals surface area contributed by atoms with E-state index in [1.54, 1.807) is 0 Å². The Labute approximate surface area is 171 Å². The molecule has 0 aliphatic heterocycles. The molecule has 0 spiro atoms. The van der Waals surface area contributed by atoms with Crippen LogP contribution in [0.3, 0.4) is 0 Å². The number of nitrogens with two attached hydrogens (primary N) is 1. The molecule has 0 unspecified atom stereocenters. The first-order valence-electron chi connectivity index (χ1n) is 8.95. The van der Waals surface area contributed by atoms with Gasteiger partial charge in [0.1, 0.15) is 11.6 Å². The van der Waals surface area contributed by atoms with Crippen molar-refractivity contribution in [1.82, 2.24) is 9.97 Å². The summed E-state index contributed by atoms with van der Waals surface area (Å²) in [7, 11) is 0. The number of nitrogen functional groups attached to an aromatic ring is 1. The van der Waals surface area contributed by atoms with Gasteiger partial charge in [0.05, 0.1) is 12.1 Å². The number of nitrogens with zero attached hydrogens (tertiary/aromatic N) is 2. The Balaban J connectivity index is 1.79. The molecule has 1 aromatic heterocycles. The lowest BCUT2D eigenvalue weighted by Crippen LogP contribution is -2.01. The second-order valence-electron chi connectivity index (χ2n) is 6.26. The first-order chi connectivity index (χ1) is 13.6. The van der Waals surface area contributed by atoms with Gasteiger partial charge in [-0.05, 0) is 60.5 Å². The molecule has 0 saturated carbocycles. The van der Waals surface area contributed by atoms with Crippen molar-refractivity contribution in [2.75, 3.05) is 17.7 Å². The van der Waals surface area contributed by atoms with Crippen molar-refractivity contribution in [2.45, 2.75) is 6.92 Å². The van der Waals surface area contributed by atoms with E-state index in [0.29, 0.717) is 12.4 Å². The molecule has 6 heteroatoms. The normalized spacial score (nSPS) is 10.8. The Morgan fingerprint density at radius 2 is 1.79 bits per heavy atom. The molecule has 0 amide bonds. The maximum Gasteiger partial charge on any atom is 0.222 e. The van der Waals surface area contributed by atoms with Crippen molar-refractivity contribution < 1.29 is 4.74 Å². The number of fused-ring (bicyclic) bond motifs is 1. The van der Waals surface area contributed by atoms with Gasteiger partial charge < -0.3 is 15.8 Å². The molecule has 0 atom stereocenters. The van der Waals surface area contributed by atoms with E-state index < -0.39 is 0 Å². The molecule has 5 nitrogen and oxygen atoms in total. The van der Waals surface area contributed by atoms with Crippen LogP contribution in [0.1, 0.15) is 6.92 Å².